The summed E-state index contributed by atoms with van der Waals surface area (Å²) in [4.78, 5) is 20.3. The quantitative estimate of drug-likeness (QED) is 0.714. The molecule has 0 bridgehead atoms. The van der Waals surface area contributed by atoms with Crippen LogP contribution in [0.25, 0.3) is 10.9 Å². The summed E-state index contributed by atoms with van der Waals surface area (Å²) in [5.41, 5.74) is 3.73. The Hall–Kier alpha value is -2.79. The smallest absolute Gasteiger partial charge is 0.317 e. The zero-order valence-corrected chi connectivity index (χ0v) is 16.4. The summed E-state index contributed by atoms with van der Waals surface area (Å²) in [7, 11) is 0. The zero-order chi connectivity index (χ0) is 19.3. The van der Waals surface area contributed by atoms with E-state index in [2.05, 4.69) is 70.7 Å². The summed E-state index contributed by atoms with van der Waals surface area (Å²) in [6.45, 7) is 6.24. The van der Waals surface area contributed by atoms with E-state index in [9.17, 15) is 4.79 Å². The van der Waals surface area contributed by atoms with Gasteiger partial charge in [-0.15, -0.1) is 0 Å². The molecule has 1 atom stereocenters. The Morgan fingerprint density at radius 3 is 2.79 bits per heavy atom. The average Bonchev–Trinajstić information content (AvgIpc) is 3.20. The number of rotatable bonds is 5. The number of carbonyl (C=O) groups is 1. The number of hydrogen-bond donors (Lipinski definition) is 2. The molecule has 0 radical (unpaired) electrons. The molecule has 146 valence electrons. The minimum atomic E-state index is 0.0462. The van der Waals surface area contributed by atoms with Crippen molar-refractivity contribution in [2.75, 3.05) is 26.2 Å². The lowest BCUT2D eigenvalue weighted by molar-refractivity contribution is 0.0927. The van der Waals surface area contributed by atoms with Gasteiger partial charge in [-0.1, -0.05) is 48.5 Å². The maximum Gasteiger partial charge on any atom is 0.317 e. The molecule has 1 saturated heterocycles. The Morgan fingerprint density at radius 2 is 1.96 bits per heavy atom. The number of aromatic nitrogens is 1. The molecule has 5 nitrogen and oxygen atoms in total. The Balaban J connectivity index is 1.26. The number of para-hydroxylation sites is 1. The number of H-pyrrole nitrogens is 1. The van der Waals surface area contributed by atoms with Crippen LogP contribution in [0, 0.1) is 0 Å². The van der Waals surface area contributed by atoms with Crippen LogP contribution in [0.2, 0.25) is 0 Å². The monoisotopic (exact) mass is 376 g/mol. The molecular weight excluding hydrogens is 348 g/mol. The molecule has 0 aliphatic carbocycles. The van der Waals surface area contributed by atoms with E-state index in [0.717, 1.165) is 32.6 Å². The lowest BCUT2D eigenvalue weighted by Crippen LogP contribution is -2.55. The number of nitrogens with zero attached hydrogens (tertiary/aromatic N) is 2. The van der Waals surface area contributed by atoms with Crippen molar-refractivity contribution in [3.8, 4) is 0 Å². The van der Waals surface area contributed by atoms with Crippen molar-refractivity contribution in [2.24, 2.45) is 0 Å². The number of benzene rings is 2. The maximum atomic E-state index is 12.6. The fourth-order valence-corrected chi connectivity index (χ4v) is 4.01. The van der Waals surface area contributed by atoms with Gasteiger partial charge in [0.2, 0.25) is 0 Å². The number of piperazine rings is 1. The number of hydrogen-bond acceptors (Lipinski definition) is 2. The normalized spacial score (nSPS) is 17.8. The molecule has 28 heavy (non-hydrogen) atoms. The van der Waals surface area contributed by atoms with Gasteiger partial charge < -0.3 is 15.2 Å². The van der Waals surface area contributed by atoms with Crippen LogP contribution in [0.4, 0.5) is 4.79 Å². The predicted octanol–water partition coefficient (Wildman–Crippen LogP) is 3.63. The fraction of sp³-hybridized carbons (Fsp3) is 0.348. The van der Waals surface area contributed by atoms with Crippen LogP contribution in [0.3, 0.4) is 0 Å². The minimum Gasteiger partial charge on any atom is -0.361 e. The number of urea groups is 1. The summed E-state index contributed by atoms with van der Waals surface area (Å²) < 4.78 is 0. The first-order chi connectivity index (χ1) is 13.7. The topological polar surface area (TPSA) is 51.4 Å². The number of aromatic amines is 1. The second kappa shape index (κ2) is 8.48. The Morgan fingerprint density at radius 1 is 1.11 bits per heavy atom. The standard InChI is InChI=1S/C23H28N4O/c1-18-16-27(15-14-26(18)17-19-6-3-2-4-7-19)23(28)25-13-11-21-9-5-8-20-10-12-24-22(20)21/h2-10,12,18,24H,11,13-17H2,1H3,(H,25,28)/t18-/m1/s1. The zero-order valence-electron chi connectivity index (χ0n) is 16.4. The maximum absolute atomic E-state index is 12.6. The van der Waals surface area contributed by atoms with Crippen molar-refractivity contribution in [1.82, 2.24) is 20.1 Å². The van der Waals surface area contributed by atoms with Crippen molar-refractivity contribution in [2.45, 2.75) is 25.9 Å². The third-order valence-corrected chi connectivity index (χ3v) is 5.62. The lowest BCUT2D eigenvalue weighted by atomic mass is 10.1. The van der Waals surface area contributed by atoms with E-state index in [4.69, 9.17) is 0 Å². The van der Waals surface area contributed by atoms with Gasteiger partial charge in [0, 0.05) is 50.5 Å². The molecule has 0 spiro atoms. The highest BCUT2D eigenvalue weighted by atomic mass is 16.2. The summed E-state index contributed by atoms with van der Waals surface area (Å²) in [5.74, 6) is 0. The van der Waals surface area contributed by atoms with Gasteiger partial charge in [0.1, 0.15) is 0 Å². The predicted molar refractivity (Wildman–Crippen MR) is 113 cm³/mol. The highest BCUT2D eigenvalue weighted by molar-refractivity contribution is 5.82. The van der Waals surface area contributed by atoms with Crippen LogP contribution in [0.5, 0.6) is 0 Å². The second-order valence-corrected chi connectivity index (χ2v) is 7.59. The third-order valence-electron chi connectivity index (χ3n) is 5.62. The van der Waals surface area contributed by atoms with E-state index in [1.165, 1.54) is 22.0 Å². The SMILES string of the molecule is C[C@@H]1CN(C(=O)NCCc2cccc3cc[nH]c23)CCN1Cc1ccccc1. The Kier molecular flexibility index (Phi) is 5.63. The van der Waals surface area contributed by atoms with Crippen LogP contribution in [-0.2, 0) is 13.0 Å². The van der Waals surface area contributed by atoms with Crippen molar-refractivity contribution in [3.05, 3.63) is 71.9 Å². The molecule has 2 heterocycles. The minimum absolute atomic E-state index is 0.0462. The molecule has 2 N–H and O–H groups in total. The second-order valence-electron chi connectivity index (χ2n) is 7.59. The van der Waals surface area contributed by atoms with E-state index in [1.54, 1.807) is 0 Å². The average molecular weight is 377 g/mol. The number of fused-ring (bicyclic) bond motifs is 1. The van der Waals surface area contributed by atoms with Gasteiger partial charge in [-0.2, -0.15) is 0 Å². The number of carbonyl (C=O) groups excluding carboxylic acids is 1. The van der Waals surface area contributed by atoms with Gasteiger partial charge in [0.25, 0.3) is 0 Å². The van der Waals surface area contributed by atoms with Crippen LogP contribution in [-0.4, -0.2) is 53.0 Å². The molecule has 1 aliphatic heterocycles. The summed E-state index contributed by atoms with van der Waals surface area (Å²) in [5, 5.41) is 4.31. The van der Waals surface area contributed by atoms with E-state index in [1.807, 2.05) is 17.2 Å². The Labute approximate surface area is 166 Å². The largest absolute Gasteiger partial charge is 0.361 e. The van der Waals surface area contributed by atoms with Gasteiger partial charge >= 0.3 is 6.03 Å². The first kappa shape index (κ1) is 18.6. The lowest BCUT2D eigenvalue weighted by Gasteiger charge is -2.39. The molecule has 2 aromatic carbocycles. The molecule has 5 heteroatoms. The highest BCUT2D eigenvalue weighted by Crippen LogP contribution is 2.17. The van der Waals surface area contributed by atoms with E-state index in [0.29, 0.717) is 12.6 Å². The van der Waals surface area contributed by atoms with Crippen LogP contribution < -0.4 is 5.32 Å². The van der Waals surface area contributed by atoms with Gasteiger partial charge in [-0.05, 0) is 35.9 Å². The summed E-state index contributed by atoms with van der Waals surface area (Å²) in [6, 6.07) is 19.3. The van der Waals surface area contributed by atoms with Crippen molar-refractivity contribution < 1.29 is 4.79 Å². The molecule has 1 aliphatic rings. The number of amides is 2. The molecule has 1 fully saturated rings. The highest BCUT2D eigenvalue weighted by Gasteiger charge is 2.26. The first-order valence-corrected chi connectivity index (χ1v) is 10.1. The fourth-order valence-electron chi connectivity index (χ4n) is 4.01. The molecule has 3 aromatic rings. The van der Waals surface area contributed by atoms with Gasteiger partial charge in [0.15, 0.2) is 0 Å². The summed E-state index contributed by atoms with van der Waals surface area (Å²) in [6.07, 6.45) is 2.79. The molecule has 2 amide bonds. The van der Waals surface area contributed by atoms with Crippen LogP contribution >= 0.6 is 0 Å². The Bertz CT molecular complexity index is 921. The molecule has 4 rings (SSSR count). The van der Waals surface area contributed by atoms with Gasteiger partial charge in [0.05, 0.1) is 0 Å². The van der Waals surface area contributed by atoms with E-state index in [-0.39, 0.29) is 6.03 Å². The van der Waals surface area contributed by atoms with Crippen molar-refractivity contribution in [1.29, 1.82) is 0 Å². The molecule has 0 unspecified atom stereocenters. The summed E-state index contributed by atoms with van der Waals surface area (Å²) >= 11 is 0. The van der Waals surface area contributed by atoms with E-state index >= 15 is 0 Å². The first-order valence-electron chi connectivity index (χ1n) is 10.1. The van der Waals surface area contributed by atoms with Crippen LogP contribution in [0.1, 0.15) is 18.1 Å². The van der Waals surface area contributed by atoms with Crippen molar-refractivity contribution >= 4 is 16.9 Å². The van der Waals surface area contributed by atoms with E-state index < -0.39 is 0 Å². The van der Waals surface area contributed by atoms with Crippen molar-refractivity contribution in [3.63, 3.8) is 0 Å². The molecule has 1 aromatic heterocycles. The molecular formula is C23H28N4O. The van der Waals surface area contributed by atoms with Gasteiger partial charge in [-0.25, -0.2) is 4.79 Å². The van der Waals surface area contributed by atoms with Gasteiger partial charge in [-0.3, -0.25) is 4.90 Å². The third kappa shape index (κ3) is 4.20. The van der Waals surface area contributed by atoms with Crippen LogP contribution in [0.15, 0.2) is 60.8 Å². The molecule has 0 saturated carbocycles. The number of nitrogens with one attached hydrogen (secondary N) is 2.